The number of aryl methyl sites for hydroxylation is 1. The van der Waals surface area contributed by atoms with Crippen molar-refractivity contribution in [3.63, 3.8) is 0 Å². The van der Waals surface area contributed by atoms with Gasteiger partial charge in [0.05, 0.1) is 9.92 Å². The summed E-state index contributed by atoms with van der Waals surface area (Å²) in [5, 5.41) is -1.91. The van der Waals surface area contributed by atoms with E-state index < -0.39 is 26.8 Å². The minimum Gasteiger partial charge on any atom is -0.368 e. The summed E-state index contributed by atoms with van der Waals surface area (Å²) in [6.07, 6.45) is 0. The standard InChI is InChI=1S/C15H13ClFNO3S/c1-9-2-5-11(6-3-9)22(20,21)14(15(18)19)10-4-7-13(17)12(16)8-10/h2-8,14H,1H3,(H2,18,19). The topological polar surface area (TPSA) is 77.2 Å². The van der Waals surface area contributed by atoms with E-state index in [2.05, 4.69) is 0 Å². The summed E-state index contributed by atoms with van der Waals surface area (Å²) in [5.74, 6) is -1.76. The SMILES string of the molecule is Cc1ccc(S(=O)(=O)C(C(N)=O)c2ccc(F)c(Cl)c2)cc1. The molecule has 0 aliphatic heterocycles. The van der Waals surface area contributed by atoms with Gasteiger partial charge >= 0.3 is 0 Å². The highest BCUT2D eigenvalue weighted by Crippen LogP contribution is 2.31. The Morgan fingerprint density at radius 3 is 2.27 bits per heavy atom. The minimum absolute atomic E-state index is 0.0273. The number of hydrogen-bond acceptors (Lipinski definition) is 3. The molecule has 1 unspecified atom stereocenters. The molecule has 0 bridgehead atoms. The lowest BCUT2D eigenvalue weighted by molar-refractivity contribution is -0.117. The van der Waals surface area contributed by atoms with Crippen LogP contribution in [0.1, 0.15) is 16.4 Å². The van der Waals surface area contributed by atoms with Crippen molar-refractivity contribution in [3.8, 4) is 0 Å². The van der Waals surface area contributed by atoms with Gasteiger partial charge in [-0.3, -0.25) is 4.79 Å². The van der Waals surface area contributed by atoms with Gasteiger partial charge in [0.2, 0.25) is 5.91 Å². The zero-order chi connectivity index (χ0) is 16.5. The average molecular weight is 342 g/mol. The van der Waals surface area contributed by atoms with Crippen LogP contribution in [0.5, 0.6) is 0 Å². The summed E-state index contributed by atoms with van der Waals surface area (Å²) in [6.45, 7) is 1.81. The van der Waals surface area contributed by atoms with E-state index in [1.54, 1.807) is 12.1 Å². The highest BCUT2D eigenvalue weighted by molar-refractivity contribution is 7.92. The quantitative estimate of drug-likeness (QED) is 0.928. The lowest BCUT2D eigenvalue weighted by atomic mass is 10.1. The van der Waals surface area contributed by atoms with Crippen molar-refractivity contribution in [3.05, 3.63) is 64.4 Å². The van der Waals surface area contributed by atoms with Gasteiger partial charge in [-0.25, -0.2) is 12.8 Å². The third kappa shape index (κ3) is 3.13. The maximum absolute atomic E-state index is 13.2. The van der Waals surface area contributed by atoms with Gasteiger partial charge in [0.1, 0.15) is 5.82 Å². The van der Waals surface area contributed by atoms with Crippen LogP contribution < -0.4 is 5.73 Å². The molecule has 0 radical (unpaired) electrons. The molecule has 116 valence electrons. The molecule has 0 saturated heterocycles. The zero-order valence-corrected chi connectivity index (χ0v) is 13.2. The predicted molar refractivity (Wildman–Crippen MR) is 81.7 cm³/mol. The molecule has 1 atom stereocenters. The molecule has 4 nitrogen and oxygen atoms in total. The Morgan fingerprint density at radius 1 is 1.18 bits per heavy atom. The first-order chi connectivity index (χ1) is 10.2. The van der Waals surface area contributed by atoms with Gasteiger partial charge in [-0.15, -0.1) is 0 Å². The van der Waals surface area contributed by atoms with Gasteiger partial charge in [-0.2, -0.15) is 0 Å². The molecule has 0 heterocycles. The van der Waals surface area contributed by atoms with Gasteiger partial charge in [0, 0.05) is 0 Å². The van der Waals surface area contributed by atoms with E-state index in [0.717, 1.165) is 17.7 Å². The Bertz CT molecular complexity index is 819. The van der Waals surface area contributed by atoms with Gasteiger partial charge in [-0.1, -0.05) is 35.4 Å². The maximum atomic E-state index is 13.2. The van der Waals surface area contributed by atoms with E-state index >= 15 is 0 Å². The number of benzene rings is 2. The highest BCUT2D eigenvalue weighted by atomic mass is 35.5. The Labute approximate surface area is 132 Å². The molecule has 22 heavy (non-hydrogen) atoms. The van der Waals surface area contributed by atoms with Crippen LogP contribution in [0.25, 0.3) is 0 Å². The van der Waals surface area contributed by atoms with Crippen molar-refractivity contribution in [2.45, 2.75) is 17.1 Å². The van der Waals surface area contributed by atoms with Crippen molar-refractivity contribution in [2.24, 2.45) is 5.73 Å². The lowest BCUT2D eigenvalue weighted by Gasteiger charge is -2.15. The van der Waals surface area contributed by atoms with Crippen LogP contribution in [0.4, 0.5) is 4.39 Å². The Balaban J connectivity index is 2.58. The second-order valence-electron chi connectivity index (χ2n) is 4.81. The number of carbonyl (C=O) groups excluding carboxylic acids is 1. The van der Waals surface area contributed by atoms with Crippen LogP contribution in [0.3, 0.4) is 0 Å². The number of hydrogen-bond donors (Lipinski definition) is 1. The van der Waals surface area contributed by atoms with E-state index in [1.165, 1.54) is 18.2 Å². The van der Waals surface area contributed by atoms with Gasteiger partial charge in [0.25, 0.3) is 0 Å². The molecule has 0 saturated carbocycles. The van der Waals surface area contributed by atoms with Crippen LogP contribution in [-0.2, 0) is 14.6 Å². The third-order valence-corrected chi connectivity index (χ3v) is 5.51. The van der Waals surface area contributed by atoms with Crippen LogP contribution in [-0.4, -0.2) is 14.3 Å². The Morgan fingerprint density at radius 2 is 1.77 bits per heavy atom. The molecule has 2 rings (SSSR count). The number of sulfone groups is 1. The van der Waals surface area contributed by atoms with Crippen molar-refractivity contribution in [2.75, 3.05) is 0 Å². The van der Waals surface area contributed by atoms with Crippen molar-refractivity contribution >= 4 is 27.3 Å². The summed E-state index contributed by atoms with van der Waals surface area (Å²) < 4.78 is 38.5. The lowest BCUT2D eigenvalue weighted by Crippen LogP contribution is -2.28. The highest BCUT2D eigenvalue weighted by Gasteiger charge is 2.34. The van der Waals surface area contributed by atoms with Crippen molar-refractivity contribution < 1.29 is 17.6 Å². The number of halogens is 2. The molecule has 1 amide bonds. The minimum atomic E-state index is -4.06. The number of primary amides is 1. The molecule has 0 aromatic heterocycles. The average Bonchev–Trinajstić information content (AvgIpc) is 2.42. The first kappa shape index (κ1) is 16.5. The van der Waals surface area contributed by atoms with Gasteiger partial charge < -0.3 is 5.73 Å². The van der Waals surface area contributed by atoms with E-state index in [4.69, 9.17) is 17.3 Å². The molecule has 2 aromatic rings. The van der Waals surface area contributed by atoms with Crippen LogP contribution in [0.15, 0.2) is 47.4 Å². The second kappa shape index (κ2) is 6.06. The molecule has 0 aliphatic carbocycles. The van der Waals surface area contributed by atoms with E-state index in [9.17, 15) is 17.6 Å². The first-order valence-electron chi connectivity index (χ1n) is 6.28. The van der Waals surface area contributed by atoms with Gasteiger partial charge in [0.15, 0.2) is 15.1 Å². The summed E-state index contributed by atoms with van der Waals surface area (Å²) in [6, 6.07) is 9.29. The summed E-state index contributed by atoms with van der Waals surface area (Å²) in [5.41, 5.74) is 6.16. The summed E-state index contributed by atoms with van der Waals surface area (Å²) in [4.78, 5) is 11.6. The number of carbonyl (C=O) groups is 1. The molecule has 0 fully saturated rings. The molecule has 2 N–H and O–H groups in total. The fourth-order valence-corrected chi connectivity index (χ4v) is 3.82. The first-order valence-corrected chi connectivity index (χ1v) is 8.20. The molecule has 7 heteroatoms. The zero-order valence-electron chi connectivity index (χ0n) is 11.6. The maximum Gasteiger partial charge on any atom is 0.240 e. The molecule has 0 aliphatic rings. The van der Waals surface area contributed by atoms with E-state index in [0.29, 0.717) is 0 Å². The molecule has 0 spiro atoms. The largest absolute Gasteiger partial charge is 0.368 e. The van der Waals surface area contributed by atoms with Gasteiger partial charge in [-0.05, 0) is 36.8 Å². The fraction of sp³-hybridized carbons (Fsp3) is 0.133. The smallest absolute Gasteiger partial charge is 0.240 e. The van der Waals surface area contributed by atoms with E-state index in [-0.39, 0.29) is 15.5 Å². The number of rotatable bonds is 4. The second-order valence-corrected chi connectivity index (χ2v) is 7.25. The van der Waals surface area contributed by atoms with Crippen molar-refractivity contribution in [1.29, 1.82) is 0 Å². The van der Waals surface area contributed by atoms with E-state index in [1.807, 2.05) is 6.92 Å². The van der Waals surface area contributed by atoms with Crippen LogP contribution in [0.2, 0.25) is 5.02 Å². The molecule has 2 aromatic carbocycles. The number of nitrogens with two attached hydrogens (primary N) is 1. The van der Waals surface area contributed by atoms with Crippen molar-refractivity contribution in [1.82, 2.24) is 0 Å². The molecular weight excluding hydrogens is 329 g/mol. The number of amides is 1. The predicted octanol–water partition coefficient (Wildman–Crippen LogP) is 2.79. The summed E-state index contributed by atoms with van der Waals surface area (Å²) >= 11 is 5.66. The van der Waals surface area contributed by atoms with Crippen LogP contribution >= 0.6 is 11.6 Å². The Hall–Kier alpha value is -1.92. The normalized spacial score (nSPS) is 12.9. The fourth-order valence-electron chi connectivity index (χ4n) is 2.04. The summed E-state index contributed by atoms with van der Waals surface area (Å²) in [7, 11) is -4.06. The third-order valence-electron chi connectivity index (χ3n) is 3.16. The Kier molecular flexibility index (Phi) is 4.53. The monoisotopic (exact) mass is 341 g/mol. The van der Waals surface area contributed by atoms with Crippen LogP contribution in [0, 0.1) is 12.7 Å². The molecular formula is C15H13ClFNO3S.